The van der Waals surface area contributed by atoms with Crippen LogP contribution in [-0.2, 0) is 16.0 Å². The number of piperidine rings is 1. The minimum Gasteiger partial charge on any atom is -0.497 e. The Bertz CT molecular complexity index is 914. The molecule has 0 radical (unpaired) electrons. The van der Waals surface area contributed by atoms with E-state index in [1.165, 1.54) is 0 Å². The molecule has 2 heterocycles. The average molecular weight is 425 g/mol. The second kappa shape index (κ2) is 9.04. The number of hydrogen-bond acceptors (Lipinski definition) is 4. The van der Waals surface area contributed by atoms with Gasteiger partial charge >= 0.3 is 0 Å². The molecule has 6 heteroatoms. The van der Waals surface area contributed by atoms with E-state index in [-0.39, 0.29) is 23.1 Å². The monoisotopic (exact) mass is 424 g/mol. The Morgan fingerprint density at radius 1 is 1.27 bits per heavy atom. The molecule has 1 aromatic carbocycles. The van der Waals surface area contributed by atoms with Crippen molar-refractivity contribution in [3.63, 3.8) is 0 Å². The molecule has 4 rings (SSSR count). The zero-order valence-electron chi connectivity index (χ0n) is 17.3. The van der Waals surface area contributed by atoms with E-state index in [2.05, 4.69) is 5.32 Å². The highest BCUT2D eigenvalue weighted by atomic mass is 32.1. The number of benzene rings is 1. The van der Waals surface area contributed by atoms with Crippen LogP contribution in [0.25, 0.3) is 6.08 Å². The number of nitrogens with one attached hydrogen (secondary N) is 1. The van der Waals surface area contributed by atoms with Crippen LogP contribution in [0.15, 0.2) is 47.9 Å². The van der Waals surface area contributed by atoms with Crippen molar-refractivity contribution in [1.82, 2.24) is 10.2 Å². The summed E-state index contributed by atoms with van der Waals surface area (Å²) < 4.78 is 5.25. The van der Waals surface area contributed by atoms with E-state index in [9.17, 15) is 9.59 Å². The van der Waals surface area contributed by atoms with Gasteiger partial charge in [0.25, 0.3) is 0 Å². The van der Waals surface area contributed by atoms with Crippen molar-refractivity contribution in [3.8, 4) is 5.75 Å². The Morgan fingerprint density at radius 3 is 2.83 bits per heavy atom. The summed E-state index contributed by atoms with van der Waals surface area (Å²) in [5.74, 6) is 1.17. The minimum absolute atomic E-state index is 0.0678. The molecule has 2 aromatic rings. The zero-order valence-corrected chi connectivity index (χ0v) is 18.1. The number of likely N-dealkylation sites (tertiary alicyclic amines) is 1. The molecule has 1 aliphatic carbocycles. The Balaban J connectivity index is 1.20. The van der Waals surface area contributed by atoms with Crippen LogP contribution in [0.1, 0.15) is 29.7 Å². The fraction of sp³-hybridized carbons (Fsp3) is 0.417. The Kier molecular flexibility index (Phi) is 6.23. The summed E-state index contributed by atoms with van der Waals surface area (Å²) in [6.07, 6.45) is 7.12. The SMILES string of the molecule is COc1cccc(CCNC(=O)C2CC23CCN(C(=O)C=Cc2cccs2)CC3)c1. The fourth-order valence-corrected chi connectivity index (χ4v) is 4.99. The van der Waals surface area contributed by atoms with E-state index < -0.39 is 0 Å². The van der Waals surface area contributed by atoms with Gasteiger partial charge in [-0.25, -0.2) is 0 Å². The molecule has 1 unspecified atom stereocenters. The van der Waals surface area contributed by atoms with E-state index >= 15 is 0 Å². The van der Waals surface area contributed by atoms with Crippen LogP contribution in [0.4, 0.5) is 0 Å². The molecule has 158 valence electrons. The number of hydrogen-bond donors (Lipinski definition) is 1. The lowest BCUT2D eigenvalue weighted by atomic mass is 9.90. The molecule has 1 aromatic heterocycles. The van der Waals surface area contributed by atoms with Crippen molar-refractivity contribution in [3.05, 3.63) is 58.3 Å². The number of amides is 2. The standard InChI is InChI=1S/C24H28N2O3S/c1-29-19-5-2-4-18(16-19)9-12-25-23(28)21-17-24(21)10-13-26(14-11-24)22(27)8-7-20-6-3-15-30-20/h2-8,15-16,21H,9-14,17H2,1H3,(H,25,28). The maximum absolute atomic E-state index is 12.6. The van der Waals surface area contributed by atoms with E-state index in [1.807, 2.05) is 52.8 Å². The van der Waals surface area contributed by atoms with Crippen molar-refractivity contribution >= 4 is 29.2 Å². The Morgan fingerprint density at radius 2 is 2.10 bits per heavy atom. The second-order valence-corrected chi connectivity index (χ2v) is 9.16. The molecular formula is C24H28N2O3S. The lowest BCUT2D eigenvalue weighted by Gasteiger charge is -2.32. The second-order valence-electron chi connectivity index (χ2n) is 8.19. The summed E-state index contributed by atoms with van der Waals surface area (Å²) in [7, 11) is 1.66. The predicted molar refractivity (Wildman–Crippen MR) is 119 cm³/mol. The number of carbonyl (C=O) groups is 2. The number of carbonyl (C=O) groups excluding carboxylic acids is 2. The van der Waals surface area contributed by atoms with Gasteiger partial charge in [0, 0.05) is 36.5 Å². The molecule has 1 atom stereocenters. The van der Waals surface area contributed by atoms with Gasteiger partial charge in [-0.05, 0) is 66.3 Å². The third kappa shape index (κ3) is 4.75. The molecule has 30 heavy (non-hydrogen) atoms. The first-order valence-electron chi connectivity index (χ1n) is 10.5. The molecule has 0 bridgehead atoms. The lowest BCUT2D eigenvalue weighted by Crippen LogP contribution is -2.40. The predicted octanol–water partition coefficient (Wildman–Crippen LogP) is 3.76. The normalized spacial score (nSPS) is 19.8. The highest BCUT2D eigenvalue weighted by molar-refractivity contribution is 7.10. The third-order valence-electron chi connectivity index (χ3n) is 6.36. The first-order valence-corrected chi connectivity index (χ1v) is 11.4. The van der Waals surface area contributed by atoms with Crippen molar-refractivity contribution < 1.29 is 14.3 Å². The first kappa shape index (κ1) is 20.7. The quantitative estimate of drug-likeness (QED) is 0.689. The molecule has 2 aliphatic rings. The smallest absolute Gasteiger partial charge is 0.246 e. The topological polar surface area (TPSA) is 58.6 Å². The number of methoxy groups -OCH3 is 1. The molecule has 2 fully saturated rings. The van der Waals surface area contributed by atoms with Gasteiger partial charge in [-0.3, -0.25) is 9.59 Å². The van der Waals surface area contributed by atoms with Gasteiger partial charge in [0.15, 0.2) is 0 Å². The minimum atomic E-state index is 0.0678. The van der Waals surface area contributed by atoms with Crippen LogP contribution >= 0.6 is 11.3 Å². The number of rotatable bonds is 7. The van der Waals surface area contributed by atoms with Gasteiger partial charge in [0.1, 0.15) is 5.75 Å². The molecule has 1 spiro atoms. The maximum Gasteiger partial charge on any atom is 0.246 e. The van der Waals surface area contributed by atoms with Gasteiger partial charge in [-0.1, -0.05) is 18.2 Å². The lowest BCUT2D eigenvalue weighted by molar-refractivity contribution is -0.127. The van der Waals surface area contributed by atoms with Crippen LogP contribution < -0.4 is 10.1 Å². The Hall–Kier alpha value is -2.60. The highest BCUT2D eigenvalue weighted by Crippen LogP contribution is 2.59. The zero-order chi connectivity index (χ0) is 21.0. The van der Waals surface area contributed by atoms with Crippen molar-refractivity contribution in [2.45, 2.75) is 25.7 Å². The van der Waals surface area contributed by atoms with E-state index in [4.69, 9.17) is 4.74 Å². The molecule has 5 nitrogen and oxygen atoms in total. The summed E-state index contributed by atoms with van der Waals surface area (Å²) in [5, 5.41) is 5.11. The van der Waals surface area contributed by atoms with Crippen molar-refractivity contribution in [1.29, 1.82) is 0 Å². The fourth-order valence-electron chi connectivity index (χ4n) is 4.37. The summed E-state index contributed by atoms with van der Waals surface area (Å²) in [6, 6.07) is 11.9. The van der Waals surface area contributed by atoms with Crippen LogP contribution in [0.2, 0.25) is 0 Å². The van der Waals surface area contributed by atoms with E-state index in [1.54, 1.807) is 24.5 Å². The number of ether oxygens (including phenoxy) is 1. The van der Waals surface area contributed by atoms with Gasteiger partial charge < -0.3 is 15.0 Å². The molecular weight excluding hydrogens is 396 g/mol. The summed E-state index contributed by atoms with van der Waals surface area (Å²) >= 11 is 1.62. The van der Waals surface area contributed by atoms with Crippen molar-refractivity contribution in [2.75, 3.05) is 26.7 Å². The van der Waals surface area contributed by atoms with E-state index in [0.29, 0.717) is 6.54 Å². The third-order valence-corrected chi connectivity index (χ3v) is 7.20. The summed E-state index contributed by atoms with van der Waals surface area (Å²) in [4.78, 5) is 28.0. The molecule has 1 saturated heterocycles. The Labute approximate surface area is 181 Å². The summed E-state index contributed by atoms with van der Waals surface area (Å²) in [6.45, 7) is 2.11. The van der Waals surface area contributed by atoms with Crippen LogP contribution in [0.5, 0.6) is 5.75 Å². The largest absolute Gasteiger partial charge is 0.497 e. The average Bonchev–Trinajstić information content (AvgIpc) is 3.21. The number of nitrogens with zero attached hydrogens (tertiary/aromatic N) is 1. The van der Waals surface area contributed by atoms with Crippen LogP contribution in [0, 0.1) is 11.3 Å². The summed E-state index contributed by atoms with van der Waals surface area (Å²) in [5.41, 5.74) is 1.26. The molecule has 1 N–H and O–H groups in total. The maximum atomic E-state index is 12.6. The van der Waals surface area contributed by atoms with Gasteiger partial charge in [-0.2, -0.15) is 0 Å². The molecule has 1 aliphatic heterocycles. The first-order chi connectivity index (χ1) is 14.6. The van der Waals surface area contributed by atoms with Gasteiger partial charge in [0.2, 0.25) is 11.8 Å². The molecule has 2 amide bonds. The van der Waals surface area contributed by atoms with Crippen molar-refractivity contribution in [2.24, 2.45) is 11.3 Å². The van der Waals surface area contributed by atoms with Crippen LogP contribution in [-0.4, -0.2) is 43.5 Å². The number of thiophene rings is 1. The molecule has 1 saturated carbocycles. The van der Waals surface area contributed by atoms with E-state index in [0.717, 1.165) is 55.0 Å². The van der Waals surface area contributed by atoms with Gasteiger partial charge in [0.05, 0.1) is 7.11 Å². The highest BCUT2D eigenvalue weighted by Gasteiger charge is 2.58. The van der Waals surface area contributed by atoms with Crippen LogP contribution in [0.3, 0.4) is 0 Å². The van der Waals surface area contributed by atoms with Gasteiger partial charge in [-0.15, -0.1) is 11.3 Å².